The summed E-state index contributed by atoms with van der Waals surface area (Å²) < 4.78 is 10.3. The van der Waals surface area contributed by atoms with Crippen molar-refractivity contribution in [3.05, 3.63) is 30.2 Å². The van der Waals surface area contributed by atoms with Crippen LogP contribution < -0.4 is 0 Å². The van der Waals surface area contributed by atoms with Gasteiger partial charge < -0.3 is 9.15 Å². The zero-order valence-electron chi connectivity index (χ0n) is 8.40. The van der Waals surface area contributed by atoms with Gasteiger partial charge in [-0.3, -0.25) is 4.79 Å². The second kappa shape index (κ2) is 4.13. The van der Waals surface area contributed by atoms with Crippen LogP contribution in [0.2, 0.25) is 0 Å². The molecule has 2 aromatic rings. The molecule has 1 aromatic heterocycles. The molecule has 0 aliphatic rings. The molecule has 15 heavy (non-hydrogen) atoms. The summed E-state index contributed by atoms with van der Waals surface area (Å²) in [5.41, 5.74) is 1.59. The first-order chi connectivity index (χ1) is 7.25. The van der Waals surface area contributed by atoms with Gasteiger partial charge >= 0.3 is 5.97 Å². The summed E-state index contributed by atoms with van der Waals surface area (Å²) in [6.45, 7) is 1.69. The number of hydrogen-bond acceptors (Lipinski definition) is 4. The van der Waals surface area contributed by atoms with Crippen LogP contribution in [0, 0.1) is 0 Å². The number of hydrogen-bond donors (Lipinski definition) is 0. The molecule has 0 atom stereocenters. The number of oxazole rings is 1. The fourth-order valence-electron chi connectivity index (χ4n) is 1.31. The smallest absolute Gasteiger partial charge is 0.302 e. The predicted molar refractivity (Wildman–Crippen MR) is 54.3 cm³/mol. The Kier molecular flexibility index (Phi) is 2.67. The highest BCUT2D eigenvalue weighted by atomic mass is 16.5. The fraction of sp³-hybridized carbons (Fsp3) is 0.273. The van der Waals surface area contributed by atoms with E-state index in [2.05, 4.69) is 4.98 Å². The highest BCUT2D eigenvalue weighted by Gasteiger charge is 2.04. The van der Waals surface area contributed by atoms with E-state index in [0.717, 1.165) is 11.1 Å². The van der Waals surface area contributed by atoms with Gasteiger partial charge in [-0.05, 0) is 12.1 Å². The Morgan fingerprint density at radius 2 is 2.27 bits per heavy atom. The Bertz CT molecular complexity index is 442. The van der Waals surface area contributed by atoms with E-state index < -0.39 is 0 Å². The lowest BCUT2D eigenvalue weighted by molar-refractivity contribution is -0.140. The average molecular weight is 205 g/mol. The van der Waals surface area contributed by atoms with Crippen LogP contribution in [-0.2, 0) is 16.0 Å². The van der Waals surface area contributed by atoms with Crippen LogP contribution >= 0.6 is 0 Å². The van der Waals surface area contributed by atoms with Crippen molar-refractivity contribution < 1.29 is 13.9 Å². The Morgan fingerprint density at radius 1 is 1.47 bits per heavy atom. The highest BCUT2D eigenvalue weighted by Crippen LogP contribution is 2.14. The van der Waals surface area contributed by atoms with Crippen molar-refractivity contribution in [2.45, 2.75) is 13.3 Å². The van der Waals surface area contributed by atoms with Crippen LogP contribution in [0.15, 0.2) is 28.7 Å². The number of carbonyl (C=O) groups is 1. The second-order valence-corrected chi connectivity index (χ2v) is 3.17. The van der Waals surface area contributed by atoms with Crippen LogP contribution in [0.1, 0.15) is 12.8 Å². The zero-order valence-corrected chi connectivity index (χ0v) is 8.40. The summed E-state index contributed by atoms with van der Waals surface area (Å²) in [6.07, 6.45) is 0.508. The van der Waals surface area contributed by atoms with Gasteiger partial charge in [-0.25, -0.2) is 4.98 Å². The average Bonchev–Trinajstić information content (AvgIpc) is 2.59. The van der Waals surface area contributed by atoms with Gasteiger partial charge in [0.05, 0.1) is 13.0 Å². The van der Waals surface area contributed by atoms with Gasteiger partial charge in [-0.15, -0.1) is 0 Å². The quantitative estimate of drug-likeness (QED) is 0.718. The number of carbonyl (C=O) groups excluding carboxylic acids is 1. The number of ether oxygens (including phenoxy) is 1. The van der Waals surface area contributed by atoms with Crippen molar-refractivity contribution in [3.63, 3.8) is 0 Å². The second-order valence-electron chi connectivity index (χ2n) is 3.17. The van der Waals surface area contributed by atoms with Gasteiger partial charge in [0.25, 0.3) is 0 Å². The van der Waals surface area contributed by atoms with E-state index in [0.29, 0.717) is 18.9 Å². The molecular formula is C11H11NO3. The monoisotopic (exact) mass is 205 g/mol. The number of fused-ring (bicyclic) bond motifs is 1. The van der Waals surface area contributed by atoms with Crippen LogP contribution in [0.5, 0.6) is 0 Å². The minimum atomic E-state index is -0.286. The van der Waals surface area contributed by atoms with Crippen molar-refractivity contribution in [1.82, 2.24) is 4.98 Å². The molecule has 0 aliphatic heterocycles. The number of rotatable bonds is 3. The third kappa shape index (κ3) is 2.34. The number of benzene rings is 1. The van der Waals surface area contributed by atoms with Gasteiger partial charge in [-0.2, -0.15) is 0 Å². The molecule has 0 bridgehead atoms. The first kappa shape index (κ1) is 9.71. The van der Waals surface area contributed by atoms with E-state index in [1.807, 2.05) is 24.3 Å². The molecule has 4 heteroatoms. The van der Waals surface area contributed by atoms with Gasteiger partial charge in [0.15, 0.2) is 11.5 Å². The Balaban J connectivity index is 2.05. The van der Waals surface area contributed by atoms with Crippen LogP contribution in [0.25, 0.3) is 11.1 Å². The summed E-state index contributed by atoms with van der Waals surface area (Å²) in [6, 6.07) is 7.54. The molecule has 0 radical (unpaired) electrons. The van der Waals surface area contributed by atoms with Gasteiger partial charge in [-0.1, -0.05) is 12.1 Å². The maximum absolute atomic E-state index is 10.5. The minimum Gasteiger partial charge on any atom is -0.465 e. The summed E-state index contributed by atoms with van der Waals surface area (Å²) >= 11 is 0. The van der Waals surface area contributed by atoms with E-state index in [4.69, 9.17) is 9.15 Å². The minimum absolute atomic E-state index is 0.286. The van der Waals surface area contributed by atoms with E-state index in [1.54, 1.807) is 0 Å². The Morgan fingerprint density at radius 3 is 3.00 bits per heavy atom. The summed E-state index contributed by atoms with van der Waals surface area (Å²) in [7, 11) is 0. The van der Waals surface area contributed by atoms with Crippen molar-refractivity contribution in [1.29, 1.82) is 0 Å². The molecule has 1 heterocycles. The van der Waals surface area contributed by atoms with Crippen molar-refractivity contribution in [2.75, 3.05) is 6.61 Å². The number of esters is 1. The van der Waals surface area contributed by atoms with E-state index in [-0.39, 0.29) is 5.97 Å². The van der Waals surface area contributed by atoms with Gasteiger partial charge in [0.2, 0.25) is 0 Å². The summed E-state index contributed by atoms with van der Waals surface area (Å²) in [4.78, 5) is 14.8. The van der Waals surface area contributed by atoms with E-state index in [1.165, 1.54) is 6.92 Å². The molecule has 78 valence electrons. The summed E-state index contributed by atoms with van der Waals surface area (Å²) in [5.74, 6) is 0.309. The fourth-order valence-corrected chi connectivity index (χ4v) is 1.31. The number of para-hydroxylation sites is 2. The third-order valence-electron chi connectivity index (χ3n) is 1.96. The SMILES string of the molecule is CC(=O)OCCc1nc2ccccc2o1. The topological polar surface area (TPSA) is 52.3 Å². The van der Waals surface area contributed by atoms with Crippen LogP contribution in [0.3, 0.4) is 0 Å². The molecule has 4 nitrogen and oxygen atoms in total. The van der Waals surface area contributed by atoms with Crippen molar-refractivity contribution >= 4 is 17.1 Å². The van der Waals surface area contributed by atoms with Crippen molar-refractivity contribution in [2.24, 2.45) is 0 Å². The molecule has 0 saturated carbocycles. The molecule has 2 rings (SSSR count). The summed E-state index contributed by atoms with van der Waals surface area (Å²) in [5, 5.41) is 0. The van der Waals surface area contributed by atoms with E-state index in [9.17, 15) is 4.79 Å². The lowest BCUT2D eigenvalue weighted by Gasteiger charge is -1.96. The van der Waals surface area contributed by atoms with Crippen LogP contribution in [-0.4, -0.2) is 17.6 Å². The van der Waals surface area contributed by atoms with E-state index >= 15 is 0 Å². The maximum Gasteiger partial charge on any atom is 0.302 e. The first-order valence-corrected chi connectivity index (χ1v) is 4.73. The lowest BCUT2D eigenvalue weighted by Crippen LogP contribution is -2.03. The lowest BCUT2D eigenvalue weighted by atomic mass is 10.3. The molecule has 0 amide bonds. The third-order valence-corrected chi connectivity index (χ3v) is 1.96. The number of aromatic nitrogens is 1. The molecule has 0 aliphatic carbocycles. The van der Waals surface area contributed by atoms with Crippen molar-refractivity contribution in [3.8, 4) is 0 Å². The molecule has 0 N–H and O–H groups in total. The zero-order chi connectivity index (χ0) is 10.7. The molecule has 0 spiro atoms. The van der Waals surface area contributed by atoms with Crippen LogP contribution in [0.4, 0.5) is 0 Å². The highest BCUT2D eigenvalue weighted by molar-refractivity contribution is 5.72. The molecule has 0 fully saturated rings. The first-order valence-electron chi connectivity index (χ1n) is 4.73. The molecule has 0 unspecified atom stereocenters. The number of nitrogens with zero attached hydrogens (tertiary/aromatic N) is 1. The maximum atomic E-state index is 10.5. The Hall–Kier alpha value is -1.84. The molecule has 0 saturated heterocycles. The standard InChI is InChI=1S/C11H11NO3/c1-8(13)14-7-6-11-12-9-4-2-3-5-10(9)15-11/h2-5H,6-7H2,1H3. The Labute approximate surface area is 86.9 Å². The largest absolute Gasteiger partial charge is 0.465 e. The molecule has 1 aromatic carbocycles. The molecular weight excluding hydrogens is 194 g/mol. The van der Waals surface area contributed by atoms with Gasteiger partial charge in [0.1, 0.15) is 5.52 Å². The van der Waals surface area contributed by atoms with Gasteiger partial charge in [0, 0.05) is 6.92 Å². The predicted octanol–water partition coefficient (Wildman–Crippen LogP) is 1.93. The normalized spacial score (nSPS) is 10.5.